The van der Waals surface area contributed by atoms with E-state index in [2.05, 4.69) is 5.32 Å². The molecule has 0 atom stereocenters. The van der Waals surface area contributed by atoms with E-state index in [4.69, 9.17) is 4.74 Å². The van der Waals surface area contributed by atoms with Crippen LogP contribution in [0.4, 0.5) is 15.8 Å². The van der Waals surface area contributed by atoms with Crippen molar-refractivity contribution in [1.82, 2.24) is 0 Å². The largest absolute Gasteiger partial charge is 0.489 e. The Morgan fingerprint density at radius 2 is 1.91 bits per heavy atom. The number of hydrogen-bond donors (Lipinski definition) is 1. The molecule has 0 aliphatic carbocycles. The number of fused-ring (bicyclic) bond motifs is 1. The number of ether oxygens (including phenoxy) is 1. The molecule has 1 aliphatic heterocycles. The zero-order chi connectivity index (χ0) is 16.4. The molecule has 0 spiro atoms. The molecule has 0 fully saturated rings. The third-order valence-electron chi connectivity index (χ3n) is 3.57. The second-order valence-electron chi connectivity index (χ2n) is 5.16. The highest BCUT2D eigenvalue weighted by molar-refractivity contribution is 6.04. The first kappa shape index (κ1) is 15.0. The summed E-state index contributed by atoms with van der Waals surface area (Å²) in [5.41, 5.74) is 1.59. The van der Waals surface area contributed by atoms with Crippen molar-refractivity contribution in [3.8, 4) is 5.75 Å². The SMILES string of the molecule is CC(=O)N1CCOc2cc(NC(=O)c3ccc(F)cc3)ccc21. The van der Waals surface area contributed by atoms with E-state index in [1.54, 1.807) is 23.1 Å². The Kier molecular flexibility index (Phi) is 3.97. The van der Waals surface area contributed by atoms with Crippen LogP contribution in [-0.2, 0) is 4.79 Å². The number of halogens is 1. The van der Waals surface area contributed by atoms with Crippen LogP contribution in [0.1, 0.15) is 17.3 Å². The fraction of sp³-hybridized carbons (Fsp3) is 0.176. The van der Waals surface area contributed by atoms with Crippen molar-refractivity contribution in [2.75, 3.05) is 23.4 Å². The summed E-state index contributed by atoms with van der Waals surface area (Å²) >= 11 is 0. The first-order valence-corrected chi connectivity index (χ1v) is 7.16. The average Bonchev–Trinajstić information content (AvgIpc) is 2.54. The van der Waals surface area contributed by atoms with Crippen molar-refractivity contribution < 1.29 is 18.7 Å². The highest BCUT2D eigenvalue weighted by Gasteiger charge is 2.21. The number of rotatable bonds is 2. The summed E-state index contributed by atoms with van der Waals surface area (Å²) in [4.78, 5) is 25.4. The van der Waals surface area contributed by atoms with Gasteiger partial charge in [0.05, 0.1) is 12.2 Å². The molecule has 0 saturated heterocycles. The van der Waals surface area contributed by atoms with Crippen LogP contribution in [-0.4, -0.2) is 25.0 Å². The monoisotopic (exact) mass is 314 g/mol. The molecule has 1 N–H and O–H groups in total. The van der Waals surface area contributed by atoms with E-state index in [0.717, 1.165) is 0 Å². The Balaban J connectivity index is 1.81. The Hall–Kier alpha value is -2.89. The molecule has 0 bridgehead atoms. The van der Waals surface area contributed by atoms with Gasteiger partial charge in [-0.3, -0.25) is 9.59 Å². The molecule has 23 heavy (non-hydrogen) atoms. The minimum absolute atomic E-state index is 0.0577. The average molecular weight is 314 g/mol. The Morgan fingerprint density at radius 3 is 2.61 bits per heavy atom. The zero-order valence-electron chi connectivity index (χ0n) is 12.5. The molecule has 0 aromatic heterocycles. The van der Waals surface area contributed by atoms with Gasteiger partial charge < -0.3 is 15.0 Å². The molecule has 2 aromatic rings. The lowest BCUT2D eigenvalue weighted by molar-refractivity contribution is -0.116. The zero-order valence-corrected chi connectivity index (χ0v) is 12.5. The quantitative estimate of drug-likeness (QED) is 0.927. The van der Waals surface area contributed by atoms with Crippen molar-refractivity contribution >= 4 is 23.2 Å². The number of carbonyl (C=O) groups is 2. The molecule has 2 amide bonds. The van der Waals surface area contributed by atoms with Gasteiger partial charge in [0.1, 0.15) is 18.2 Å². The van der Waals surface area contributed by atoms with E-state index in [-0.39, 0.29) is 11.8 Å². The predicted molar refractivity (Wildman–Crippen MR) is 84.3 cm³/mol. The summed E-state index contributed by atoms with van der Waals surface area (Å²) in [7, 11) is 0. The lowest BCUT2D eigenvalue weighted by Gasteiger charge is -2.29. The van der Waals surface area contributed by atoms with E-state index in [1.165, 1.54) is 31.2 Å². The summed E-state index contributed by atoms with van der Waals surface area (Å²) in [6.07, 6.45) is 0. The van der Waals surface area contributed by atoms with Crippen LogP contribution in [0.2, 0.25) is 0 Å². The van der Waals surface area contributed by atoms with Crippen LogP contribution in [0.3, 0.4) is 0 Å². The fourth-order valence-electron chi connectivity index (χ4n) is 2.43. The van der Waals surface area contributed by atoms with Gasteiger partial charge in [-0.05, 0) is 36.4 Å². The minimum Gasteiger partial charge on any atom is -0.489 e. The lowest BCUT2D eigenvalue weighted by atomic mass is 10.2. The van der Waals surface area contributed by atoms with Crippen molar-refractivity contribution in [2.24, 2.45) is 0 Å². The van der Waals surface area contributed by atoms with Gasteiger partial charge in [0.2, 0.25) is 5.91 Å². The van der Waals surface area contributed by atoms with Crippen molar-refractivity contribution in [1.29, 1.82) is 0 Å². The number of nitrogens with one attached hydrogen (secondary N) is 1. The Labute approximate surface area is 132 Å². The van der Waals surface area contributed by atoms with Crippen LogP contribution in [0.25, 0.3) is 0 Å². The maximum atomic E-state index is 12.9. The molecule has 1 heterocycles. The van der Waals surface area contributed by atoms with Gasteiger partial charge in [0, 0.05) is 24.2 Å². The maximum Gasteiger partial charge on any atom is 0.255 e. The smallest absolute Gasteiger partial charge is 0.255 e. The summed E-state index contributed by atoms with van der Waals surface area (Å²) in [6, 6.07) is 10.4. The molecule has 2 aromatic carbocycles. The molecule has 6 heteroatoms. The van der Waals surface area contributed by atoms with Crippen molar-refractivity contribution in [2.45, 2.75) is 6.92 Å². The second-order valence-corrected chi connectivity index (χ2v) is 5.16. The van der Waals surface area contributed by atoms with Gasteiger partial charge in [0.15, 0.2) is 0 Å². The van der Waals surface area contributed by atoms with E-state index >= 15 is 0 Å². The molecule has 1 aliphatic rings. The van der Waals surface area contributed by atoms with Gasteiger partial charge in [-0.2, -0.15) is 0 Å². The summed E-state index contributed by atoms with van der Waals surface area (Å²) in [6.45, 7) is 2.41. The Morgan fingerprint density at radius 1 is 1.17 bits per heavy atom. The lowest BCUT2D eigenvalue weighted by Crippen LogP contribution is -2.36. The number of nitrogens with zero attached hydrogens (tertiary/aromatic N) is 1. The van der Waals surface area contributed by atoms with Gasteiger partial charge in [-0.15, -0.1) is 0 Å². The van der Waals surface area contributed by atoms with Crippen LogP contribution in [0.5, 0.6) is 5.75 Å². The van der Waals surface area contributed by atoms with Gasteiger partial charge >= 0.3 is 0 Å². The summed E-state index contributed by atoms with van der Waals surface area (Å²) < 4.78 is 18.4. The molecular weight excluding hydrogens is 299 g/mol. The van der Waals surface area contributed by atoms with Gasteiger partial charge in [-0.1, -0.05) is 0 Å². The molecule has 0 unspecified atom stereocenters. The Bertz CT molecular complexity index is 759. The van der Waals surface area contributed by atoms with Crippen LogP contribution in [0.15, 0.2) is 42.5 Å². The predicted octanol–water partition coefficient (Wildman–Crippen LogP) is 2.82. The van der Waals surface area contributed by atoms with Crippen LogP contribution in [0, 0.1) is 5.82 Å². The molecule has 3 rings (SSSR count). The summed E-state index contributed by atoms with van der Waals surface area (Å²) in [5, 5.41) is 2.73. The highest BCUT2D eigenvalue weighted by atomic mass is 19.1. The highest BCUT2D eigenvalue weighted by Crippen LogP contribution is 2.34. The third-order valence-corrected chi connectivity index (χ3v) is 3.57. The van der Waals surface area contributed by atoms with Crippen molar-refractivity contribution in [3.63, 3.8) is 0 Å². The van der Waals surface area contributed by atoms with E-state index in [1.807, 2.05) is 0 Å². The fourth-order valence-corrected chi connectivity index (χ4v) is 2.43. The summed E-state index contributed by atoms with van der Waals surface area (Å²) in [5.74, 6) is -0.252. The normalized spacial score (nSPS) is 13.0. The molecular formula is C17H15FN2O3. The van der Waals surface area contributed by atoms with E-state index in [0.29, 0.717) is 35.8 Å². The second kappa shape index (κ2) is 6.08. The number of anilines is 2. The van der Waals surface area contributed by atoms with E-state index in [9.17, 15) is 14.0 Å². The standard InChI is InChI=1S/C17H15FN2O3/c1-11(21)20-8-9-23-16-10-14(6-7-15(16)20)19-17(22)12-2-4-13(18)5-3-12/h2-7,10H,8-9H2,1H3,(H,19,22). The first-order valence-electron chi connectivity index (χ1n) is 7.16. The maximum absolute atomic E-state index is 12.9. The van der Waals surface area contributed by atoms with Gasteiger partial charge in [-0.25, -0.2) is 4.39 Å². The first-order chi connectivity index (χ1) is 11.0. The molecule has 5 nitrogen and oxygen atoms in total. The topological polar surface area (TPSA) is 58.6 Å². The van der Waals surface area contributed by atoms with Crippen molar-refractivity contribution in [3.05, 3.63) is 53.8 Å². The van der Waals surface area contributed by atoms with Gasteiger partial charge in [0.25, 0.3) is 5.91 Å². The minimum atomic E-state index is -0.395. The number of benzene rings is 2. The number of hydrogen-bond acceptors (Lipinski definition) is 3. The van der Waals surface area contributed by atoms with Crippen LogP contribution < -0.4 is 15.0 Å². The van der Waals surface area contributed by atoms with E-state index < -0.39 is 5.82 Å². The molecule has 0 saturated carbocycles. The molecule has 0 radical (unpaired) electrons. The molecule has 118 valence electrons. The third kappa shape index (κ3) is 3.15. The van der Waals surface area contributed by atoms with Crippen LogP contribution >= 0.6 is 0 Å². The number of amides is 2. The number of carbonyl (C=O) groups excluding carboxylic acids is 2.